The van der Waals surface area contributed by atoms with Crippen LogP contribution in [-0.2, 0) is 9.53 Å². The van der Waals surface area contributed by atoms with Crippen LogP contribution in [0.2, 0.25) is 0 Å². The van der Waals surface area contributed by atoms with E-state index in [1.807, 2.05) is 0 Å². The van der Waals surface area contributed by atoms with Crippen molar-refractivity contribution < 1.29 is 30.0 Å². The molecule has 0 unspecified atom stereocenters. The van der Waals surface area contributed by atoms with Gasteiger partial charge in [0.05, 0.1) is 6.61 Å². The Labute approximate surface area is 227 Å². The summed E-state index contributed by atoms with van der Waals surface area (Å²) in [5, 5.41) is 40.6. The predicted octanol–water partition coefficient (Wildman–Crippen LogP) is 5.46. The molecule has 0 aromatic heterocycles. The van der Waals surface area contributed by atoms with Crippen molar-refractivity contribution in [2.75, 3.05) is 13.2 Å². The minimum absolute atomic E-state index is 0.0943. The average molecular weight is 530 g/mol. The zero-order chi connectivity index (χ0) is 27.3. The maximum Gasteiger partial charge on any atom is 0.224 e. The lowest BCUT2D eigenvalue weighted by molar-refractivity contribution is -0.262. The van der Waals surface area contributed by atoms with Crippen molar-refractivity contribution in [3.05, 3.63) is 0 Å². The number of carbonyl (C=O) groups excluding carboxylic acids is 1. The van der Waals surface area contributed by atoms with Gasteiger partial charge in [-0.3, -0.25) is 4.79 Å². The second kappa shape index (κ2) is 22.1. The molecule has 7 heteroatoms. The van der Waals surface area contributed by atoms with Crippen LogP contribution in [0.15, 0.2) is 0 Å². The number of hydrogen-bond acceptors (Lipinski definition) is 6. The summed E-state index contributed by atoms with van der Waals surface area (Å²) in [4.78, 5) is 14.7. The number of hydrogen-bond donors (Lipinski definition) is 4. The standard InChI is InChI=1S/C30H59NO6/c1-3-5-7-9-11-13-15-17-19-21-23-31(30-29(36)28(35)27(34)25(24-32)37-30)26(33)22-20-18-16-14-12-10-8-6-4-2/h25,27-30,32,34-36H,3-24H2,1-2H3/t25-,27-,28+,29+,30-/m1/s1. The highest BCUT2D eigenvalue weighted by Gasteiger charge is 2.46. The molecule has 220 valence electrons. The van der Waals surface area contributed by atoms with Gasteiger partial charge in [-0.2, -0.15) is 0 Å². The molecule has 1 saturated heterocycles. The van der Waals surface area contributed by atoms with E-state index in [4.69, 9.17) is 4.74 Å². The fraction of sp³-hybridized carbons (Fsp3) is 0.967. The lowest BCUT2D eigenvalue weighted by Crippen LogP contribution is -2.64. The molecule has 1 aliphatic heterocycles. The fourth-order valence-electron chi connectivity index (χ4n) is 5.23. The molecule has 1 aliphatic rings. The van der Waals surface area contributed by atoms with E-state index in [1.54, 1.807) is 0 Å². The number of carbonyl (C=O) groups is 1. The largest absolute Gasteiger partial charge is 0.394 e. The Morgan fingerprint density at radius 3 is 1.51 bits per heavy atom. The number of aliphatic hydroxyl groups is 4. The first kappa shape index (κ1) is 34.3. The van der Waals surface area contributed by atoms with E-state index in [-0.39, 0.29) is 5.91 Å². The van der Waals surface area contributed by atoms with Crippen molar-refractivity contribution in [3.63, 3.8) is 0 Å². The SMILES string of the molecule is CCCCCCCCCCCCN(C(=O)CCCCCCCCCCC)[C@@H]1O[C@H](CO)[C@@H](O)[C@H](O)[C@@H]1O. The van der Waals surface area contributed by atoms with Crippen LogP contribution in [0.1, 0.15) is 142 Å². The van der Waals surface area contributed by atoms with Crippen LogP contribution in [0, 0.1) is 0 Å². The van der Waals surface area contributed by atoms with Crippen molar-refractivity contribution in [1.29, 1.82) is 0 Å². The van der Waals surface area contributed by atoms with Gasteiger partial charge in [0.1, 0.15) is 24.4 Å². The first-order valence-electron chi connectivity index (χ1n) is 15.6. The predicted molar refractivity (Wildman–Crippen MR) is 149 cm³/mol. The summed E-state index contributed by atoms with van der Waals surface area (Å²) in [6.45, 7) is 4.41. The molecule has 0 saturated carbocycles. The smallest absolute Gasteiger partial charge is 0.224 e. The van der Waals surface area contributed by atoms with Gasteiger partial charge in [0, 0.05) is 13.0 Å². The lowest BCUT2D eigenvalue weighted by Gasteiger charge is -2.44. The van der Waals surface area contributed by atoms with Crippen molar-refractivity contribution in [1.82, 2.24) is 4.90 Å². The fourth-order valence-corrected chi connectivity index (χ4v) is 5.23. The summed E-state index contributed by atoms with van der Waals surface area (Å²) in [5.74, 6) is -0.0943. The third-order valence-corrected chi connectivity index (χ3v) is 7.74. The summed E-state index contributed by atoms with van der Waals surface area (Å²) < 4.78 is 5.74. The van der Waals surface area contributed by atoms with Gasteiger partial charge >= 0.3 is 0 Å². The Bertz CT molecular complexity index is 546. The summed E-state index contributed by atoms with van der Waals surface area (Å²) in [6, 6.07) is 0. The van der Waals surface area contributed by atoms with Crippen LogP contribution in [-0.4, -0.2) is 75.0 Å². The van der Waals surface area contributed by atoms with Gasteiger partial charge in [-0.05, 0) is 12.8 Å². The normalized spacial score (nSPS) is 23.9. The molecule has 5 atom stereocenters. The Morgan fingerprint density at radius 2 is 1.05 bits per heavy atom. The maximum atomic E-state index is 13.2. The molecule has 0 aliphatic carbocycles. The highest BCUT2D eigenvalue weighted by Crippen LogP contribution is 2.25. The molecule has 0 bridgehead atoms. The highest BCUT2D eigenvalue weighted by atomic mass is 16.6. The van der Waals surface area contributed by atoms with Gasteiger partial charge in [-0.25, -0.2) is 0 Å². The van der Waals surface area contributed by atoms with E-state index < -0.39 is 37.3 Å². The number of aliphatic hydroxyl groups excluding tert-OH is 4. The van der Waals surface area contributed by atoms with Gasteiger partial charge in [0.15, 0.2) is 6.23 Å². The molecule has 0 radical (unpaired) electrons. The first-order chi connectivity index (χ1) is 18.0. The second-order valence-electron chi connectivity index (χ2n) is 11.1. The number of amides is 1. The third kappa shape index (κ3) is 14.3. The van der Waals surface area contributed by atoms with Crippen LogP contribution in [0.5, 0.6) is 0 Å². The van der Waals surface area contributed by atoms with Crippen molar-refractivity contribution >= 4 is 5.91 Å². The number of nitrogens with zero attached hydrogens (tertiary/aromatic N) is 1. The van der Waals surface area contributed by atoms with Gasteiger partial charge in [-0.1, -0.05) is 123 Å². The van der Waals surface area contributed by atoms with Crippen molar-refractivity contribution in [2.45, 2.75) is 173 Å². The molecular weight excluding hydrogens is 470 g/mol. The van der Waals surface area contributed by atoms with E-state index in [2.05, 4.69) is 13.8 Å². The van der Waals surface area contributed by atoms with Crippen LogP contribution >= 0.6 is 0 Å². The molecular formula is C30H59NO6. The molecule has 1 heterocycles. The second-order valence-corrected chi connectivity index (χ2v) is 11.1. The quantitative estimate of drug-likeness (QED) is 0.131. The zero-order valence-corrected chi connectivity index (χ0v) is 24.0. The van der Waals surface area contributed by atoms with Crippen LogP contribution in [0.3, 0.4) is 0 Å². The summed E-state index contributed by atoms with van der Waals surface area (Å²) in [6.07, 6.45) is 16.4. The molecule has 0 aromatic rings. The monoisotopic (exact) mass is 529 g/mol. The number of ether oxygens (including phenoxy) is 1. The molecule has 1 rings (SSSR count). The number of unbranched alkanes of at least 4 members (excludes halogenated alkanes) is 17. The van der Waals surface area contributed by atoms with E-state index in [0.29, 0.717) is 13.0 Å². The lowest BCUT2D eigenvalue weighted by atomic mass is 9.97. The van der Waals surface area contributed by atoms with E-state index in [9.17, 15) is 25.2 Å². The molecule has 0 aromatic carbocycles. The molecule has 37 heavy (non-hydrogen) atoms. The Hall–Kier alpha value is -0.730. The third-order valence-electron chi connectivity index (χ3n) is 7.74. The van der Waals surface area contributed by atoms with Crippen molar-refractivity contribution in [2.24, 2.45) is 0 Å². The highest BCUT2D eigenvalue weighted by molar-refractivity contribution is 5.76. The Balaban J connectivity index is 2.49. The van der Waals surface area contributed by atoms with Crippen LogP contribution in [0.25, 0.3) is 0 Å². The van der Waals surface area contributed by atoms with Gasteiger partial charge in [0.25, 0.3) is 0 Å². The van der Waals surface area contributed by atoms with E-state index in [0.717, 1.165) is 38.5 Å². The zero-order valence-electron chi connectivity index (χ0n) is 24.0. The summed E-state index contributed by atoms with van der Waals surface area (Å²) in [7, 11) is 0. The summed E-state index contributed by atoms with van der Waals surface area (Å²) >= 11 is 0. The van der Waals surface area contributed by atoms with Crippen molar-refractivity contribution in [3.8, 4) is 0 Å². The Morgan fingerprint density at radius 1 is 0.622 bits per heavy atom. The maximum absolute atomic E-state index is 13.2. The minimum Gasteiger partial charge on any atom is -0.394 e. The summed E-state index contributed by atoms with van der Waals surface area (Å²) in [5.41, 5.74) is 0. The van der Waals surface area contributed by atoms with Crippen LogP contribution in [0.4, 0.5) is 0 Å². The van der Waals surface area contributed by atoms with Gasteiger partial charge in [-0.15, -0.1) is 0 Å². The molecule has 4 N–H and O–H groups in total. The van der Waals surface area contributed by atoms with Gasteiger partial charge in [0.2, 0.25) is 5.91 Å². The average Bonchev–Trinajstić information content (AvgIpc) is 2.90. The van der Waals surface area contributed by atoms with Gasteiger partial charge < -0.3 is 30.1 Å². The molecule has 1 amide bonds. The minimum atomic E-state index is -1.47. The van der Waals surface area contributed by atoms with E-state index >= 15 is 0 Å². The Kier molecular flexibility index (Phi) is 20.5. The molecule has 7 nitrogen and oxygen atoms in total. The van der Waals surface area contributed by atoms with Crippen LogP contribution < -0.4 is 0 Å². The topological polar surface area (TPSA) is 110 Å². The first-order valence-corrected chi connectivity index (χ1v) is 15.6. The molecule has 0 spiro atoms. The molecule has 1 fully saturated rings. The van der Waals surface area contributed by atoms with E-state index in [1.165, 1.54) is 88.4 Å². The number of rotatable bonds is 23.